The van der Waals surface area contributed by atoms with E-state index in [4.69, 9.17) is 0 Å². The van der Waals surface area contributed by atoms with E-state index in [1.54, 1.807) is 0 Å². The lowest BCUT2D eigenvalue weighted by Crippen LogP contribution is -1.89. The molecule has 0 nitrogen and oxygen atoms in total. The highest BCUT2D eigenvalue weighted by Crippen LogP contribution is 2.12. The van der Waals surface area contributed by atoms with E-state index in [2.05, 4.69) is 45.9 Å². The van der Waals surface area contributed by atoms with Gasteiger partial charge in [0.1, 0.15) is 0 Å². The van der Waals surface area contributed by atoms with Crippen molar-refractivity contribution >= 4 is 0 Å². The zero-order valence-corrected chi connectivity index (χ0v) is 8.64. The van der Waals surface area contributed by atoms with E-state index in [9.17, 15) is 0 Å². The zero-order valence-electron chi connectivity index (χ0n) is 8.64. The van der Waals surface area contributed by atoms with Crippen LogP contribution in [0.4, 0.5) is 0 Å². The molecule has 0 heterocycles. The average molecular weight is 165 g/mol. The van der Waals surface area contributed by atoms with Gasteiger partial charge in [0.15, 0.2) is 0 Å². The highest BCUT2D eigenvalue weighted by Gasteiger charge is 1.96. The first-order chi connectivity index (χ1) is 5.70. The Morgan fingerprint density at radius 3 is 2.67 bits per heavy atom. The van der Waals surface area contributed by atoms with Gasteiger partial charge in [0.05, 0.1) is 0 Å². The first kappa shape index (κ1) is 11.5. The minimum atomic E-state index is 0.696. The third-order valence-electron chi connectivity index (χ3n) is 2.12. The van der Waals surface area contributed by atoms with Crippen molar-refractivity contribution in [3.8, 4) is 0 Å². The molecule has 12 heavy (non-hydrogen) atoms. The average Bonchev–Trinajstić information content (AvgIpc) is 2.10. The molecule has 0 rings (SSSR count). The Bertz CT molecular complexity index is 151. The standard InChI is InChI=1S/C12H21/c1-5-7-8-12(4)10-9-11(3)6-2/h6-8,12H,1,5,9-10H2,2-4H3. The maximum atomic E-state index is 3.77. The van der Waals surface area contributed by atoms with Gasteiger partial charge in [-0.15, -0.1) is 0 Å². The van der Waals surface area contributed by atoms with Crippen molar-refractivity contribution in [3.05, 3.63) is 30.7 Å². The highest BCUT2D eigenvalue weighted by molar-refractivity contribution is 4.97. The van der Waals surface area contributed by atoms with Crippen LogP contribution in [0.25, 0.3) is 0 Å². The Morgan fingerprint density at radius 2 is 2.17 bits per heavy atom. The van der Waals surface area contributed by atoms with Crippen LogP contribution in [0.15, 0.2) is 23.8 Å². The maximum absolute atomic E-state index is 3.77. The molecule has 1 unspecified atom stereocenters. The minimum Gasteiger partial charge on any atom is -0.0887 e. The zero-order chi connectivity index (χ0) is 9.40. The SMILES string of the molecule is [CH2]CC=CC(C)CCC(C)=CC. The quantitative estimate of drug-likeness (QED) is 0.537. The third-order valence-corrected chi connectivity index (χ3v) is 2.12. The van der Waals surface area contributed by atoms with Crippen LogP contribution in [0.1, 0.15) is 40.0 Å². The minimum absolute atomic E-state index is 0.696. The molecule has 0 aromatic rings. The van der Waals surface area contributed by atoms with Crippen LogP contribution in [0.2, 0.25) is 0 Å². The van der Waals surface area contributed by atoms with Crippen molar-refractivity contribution in [2.24, 2.45) is 5.92 Å². The Hall–Kier alpha value is -0.520. The maximum Gasteiger partial charge on any atom is -0.0259 e. The molecule has 0 aliphatic rings. The summed E-state index contributed by atoms with van der Waals surface area (Å²) in [6, 6.07) is 0. The molecule has 0 saturated heterocycles. The van der Waals surface area contributed by atoms with Gasteiger partial charge >= 0.3 is 0 Å². The van der Waals surface area contributed by atoms with Crippen LogP contribution >= 0.6 is 0 Å². The summed E-state index contributed by atoms with van der Waals surface area (Å²) in [7, 11) is 0. The molecule has 1 radical (unpaired) electrons. The first-order valence-corrected chi connectivity index (χ1v) is 4.78. The molecule has 0 bridgehead atoms. The molecule has 0 fully saturated rings. The predicted molar refractivity (Wildman–Crippen MR) is 56.9 cm³/mol. The molecule has 0 aliphatic heterocycles. The Labute approximate surface area is 77.4 Å². The lowest BCUT2D eigenvalue weighted by atomic mass is 10.0. The number of allylic oxidation sites excluding steroid dienone is 4. The fourth-order valence-electron chi connectivity index (χ4n) is 1.02. The van der Waals surface area contributed by atoms with Crippen molar-refractivity contribution in [2.45, 2.75) is 40.0 Å². The molecule has 0 amide bonds. The Morgan fingerprint density at radius 1 is 1.50 bits per heavy atom. The fourth-order valence-corrected chi connectivity index (χ4v) is 1.02. The van der Waals surface area contributed by atoms with E-state index in [1.807, 2.05) is 0 Å². The highest BCUT2D eigenvalue weighted by atomic mass is 14.0. The van der Waals surface area contributed by atoms with Gasteiger partial charge in [0.25, 0.3) is 0 Å². The van der Waals surface area contributed by atoms with Gasteiger partial charge in [-0.2, -0.15) is 0 Å². The van der Waals surface area contributed by atoms with Crippen molar-refractivity contribution in [3.63, 3.8) is 0 Å². The predicted octanol–water partition coefficient (Wildman–Crippen LogP) is 4.15. The topological polar surface area (TPSA) is 0 Å². The van der Waals surface area contributed by atoms with Crippen LogP contribution < -0.4 is 0 Å². The van der Waals surface area contributed by atoms with Crippen molar-refractivity contribution in [1.29, 1.82) is 0 Å². The second-order valence-corrected chi connectivity index (χ2v) is 3.37. The summed E-state index contributed by atoms with van der Waals surface area (Å²) in [5.74, 6) is 0.696. The summed E-state index contributed by atoms with van der Waals surface area (Å²) in [4.78, 5) is 0. The van der Waals surface area contributed by atoms with Crippen molar-refractivity contribution in [2.75, 3.05) is 0 Å². The molecule has 0 saturated carbocycles. The normalized spacial score (nSPS) is 15.5. The van der Waals surface area contributed by atoms with Gasteiger partial charge in [-0.05, 0) is 46.0 Å². The number of hydrogen-bond donors (Lipinski definition) is 0. The Kier molecular flexibility index (Phi) is 6.84. The van der Waals surface area contributed by atoms with Gasteiger partial charge in [0, 0.05) is 0 Å². The summed E-state index contributed by atoms with van der Waals surface area (Å²) in [6.45, 7) is 10.3. The molecule has 69 valence electrons. The molecular weight excluding hydrogens is 144 g/mol. The second kappa shape index (κ2) is 7.15. The third kappa shape index (κ3) is 6.21. The number of hydrogen-bond acceptors (Lipinski definition) is 0. The summed E-state index contributed by atoms with van der Waals surface area (Å²) < 4.78 is 0. The lowest BCUT2D eigenvalue weighted by Gasteiger charge is -2.05. The molecule has 0 N–H and O–H groups in total. The fraction of sp³-hybridized carbons (Fsp3) is 0.583. The van der Waals surface area contributed by atoms with Gasteiger partial charge < -0.3 is 0 Å². The van der Waals surface area contributed by atoms with Gasteiger partial charge in [0.2, 0.25) is 0 Å². The van der Waals surface area contributed by atoms with Crippen LogP contribution in [-0.4, -0.2) is 0 Å². The molecule has 0 heteroatoms. The van der Waals surface area contributed by atoms with E-state index in [0.717, 1.165) is 6.42 Å². The van der Waals surface area contributed by atoms with Crippen LogP contribution in [0, 0.1) is 12.8 Å². The van der Waals surface area contributed by atoms with E-state index in [1.165, 1.54) is 18.4 Å². The van der Waals surface area contributed by atoms with Crippen LogP contribution in [-0.2, 0) is 0 Å². The van der Waals surface area contributed by atoms with Gasteiger partial charge in [-0.25, -0.2) is 0 Å². The van der Waals surface area contributed by atoms with E-state index in [-0.39, 0.29) is 0 Å². The van der Waals surface area contributed by atoms with Gasteiger partial charge in [-0.3, -0.25) is 0 Å². The lowest BCUT2D eigenvalue weighted by molar-refractivity contribution is 0.643. The Balaban J connectivity index is 3.57. The number of rotatable bonds is 5. The summed E-state index contributed by atoms with van der Waals surface area (Å²) in [6.07, 6.45) is 9.99. The molecule has 0 aromatic carbocycles. The summed E-state index contributed by atoms with van der Waals surface area (Å²) >= 11 is 0. The monoisotopic (exact) mass is 165 g/mol. The van der Waals surface area contributed by atoms with Crippen molar-refractivity contribution in [1.82, 2.24) is 0 Å². The van der Waals surface area contributed by atoms with E-state index in [0.29, 0.717) is 5.92 Å². The van der Waals surface area contributed by atoms with Crippen LogP contribution in [0.5, 0.6) is 0 Å². The summed E-state index contributed by atoms with van der Waals surface area (Å²) in [5, 5.41) is 0. The largest absolute Gasteiger partial charge is 0.0887 e. The molecular formula is C12H21. The molecule has 0 aromatic heterocycles. The summed E-state index contributed by atoms with van der Waals surface area (Å²) in [5.41, 5.74) is 1.49. The van der Waals surface area contributed by atoms with Crippen LogP contribution in [0.3, 0.4) is 0 Å². The van der Waals surface area contributed by atoms with E-state index < -0.39 is 0 Å². The molecule has 0 spiro atoms. The van der Waals surface area contributed by atoms with Crippen molar-refractivity contribution < 1.29 is 0 Å². The second-order valence-electron chi connectivity index (χ2n) is 3.37. The van der Waals surface area contributed by atoms with E-state index >= 15 is 0 Å². The smallest absolute Gasteiger partial charge is 0.0259 e. The first-order valence-electron chi connectivity index (χ1n) is 4.78. The van der Waals surface area contributed by atoms with Gasteiger partial charge in [-0.1, -0.05) is 30.7 Å². The molecule has 1 atom stereocenters. The molecule has 0 aliphatic carbocycles.